The van der Waals surface area contributed by atoms with Gasteiger partial charge in [-0.1, -0.05) is 0 Å². The number of rotatable bonds is 1. The quantitative estimate of drug-likeness (QED) is 0.771. The van der Waals surface area contributed by atoms with Gasteiger partial charge in [0.1, 0.15) is 5.60 Å². The number of likely N-dealkylation sites (tertiary alicyclic amines) is 1. The zero-order valence-corrected chi connectivity index (χ0v) is 12.1. The van der Waals surface area contributed by atoms with E-state index in [0.717, 1.165) is 5.57 Å². The van der Waals surface area contributed by atoms with E-state index in [9.17, 15) is 9.90 Å². The number of aliphatic hydroxyl groups is 1. The number of hydrogen-bond donors (Lipinski definition) is 1. The number of aliphatic hydroxyl groups excluding tert-OH is 1. The van der Waals surface area contributed by atoms with Gasteiger partial charge in [-0.2, -0.15) is 0 Å². The van der Waals surface area contributed by atoms with E-state index in [-0.39, 0.29) is 12.1 Å². The SMILES string of the molecule is CC1C(O)/C(=C\N(C)C)CN1C(=O)OC(C)(C)C. The smallest absolute Gasteiger partial charge is 0.410 e. The van der Waals surface area contributed by atoms with Crippen molar-refractivity contribution in [3.63, 3.8) is 0 Å². The third-order valence-electron chi connectivity index (χ3n) is 2.73. The zero-order chi connectivity index (χ0) is 14.1. The maximum Gasteiger partial charge on any atom is 0.410 e. The van der Waals surface area contributed by atoms with Gasteiger partial charge in [0, 0.05) is 26.8 Å². The number of ether oxygens (including phenoxy) is 1. The lowest BCUT2D eigenvalue weighted by molar-refractivity contribution is 0.0179. The molecule has 2 unspecified atom stereocenters. The van der Waals surface area contributed by atoms with Gasteiger partial charge in [0.05, 0.1) is 12.1 Å². The van der Waals surface area contributed by atoms with Crippen LogP contribution >= 0.6 is 0 Å². The first-order chi connectivity index (χ1) is 8.11. The highest BCUT2D eigenvalue weighted by molar-refractivity contribution is 5.70. The minimum atomic E-state index is -0.625. The summed E-state index contributed by atoms with van der Waals surface area (Å²) in [6.07, 6.45) is 0.849. The Bertz CT molecular complexity index is 345. The Balaban J connectivity index is 2.78. The van der Waals surface area contributed by atoms with Crippen LogP contribution in [0.15, 0.2) is 11.8 Å². The van der Waals surface area contributed by atoms with Crippen molar-refractivity contribution < 1.29 is 14.6 Å². The molecule has 1 rings (SSSR count). The molecule has 0 aromatic carbocycles. The van der Waals surface area contributed by atoms with Crippen molar-refractivity contribution in [3.05, 3.63) is 11.8 Å². The zero-order valence-electron chi connectivity index (χ0n) is 12.1. The summed E-state index contributed by atoms with van der Waals surface area (Å²) in [4.78, 5) is 15.4. The summed E-state index contributed by atoms with van der Waals surface area (Å²) < 4.78 is 5.33. The van der Waals surface area contributed by atoms with Crippen molar-refractivity contribution in [1.29, 1.82) is 0 Å². The number of hydrogen-bond acceptors (Lipinski definition) is 4. The van der Waals surface area contributed by atoms with Crippen LogP contribution in [0.4, 0.5) is 4.79 Å². The summed E-state index contributed by atoms with van der Waals surface area (Å²) >= 11 is 0. The van der Waals surface area contributed by atoms with Crippen molar-refractivity contribution in [2.24, 2.45) is 0 Å². The van der Waals surface area contributed by atoms with E-state index in [2.05, 4.69) is 0 Å². The highest BCUT2D eigenvalue weighted by Crippen LogP contribution is 2.25. The van der Waals surface area contributed by atoms with Crippen LogP contribution in [0.25, 0.3) is 0 Å². The molecule has 0 aliphatic carbocycles. The van der Waals surface area contributed by atoms with Gasteiger partial charge in [0.15, 0.2) is 0 Å². The molecule has 0 aromatic rings. The number of amides is 1. The molecule has 1 saturated heterocycles. The molecule has 0 aromatic heterocycles. The number of carbonyl (C=O) groups is 1. The molecular weight excluding hydrogens is 232 g/mol. The van der Waals surface area contributed by atoms with Gasteiger partial charge in [-0.15, -0.1) is 0 Å². The molecule has 104 valence electrons. The Morgan fingerprint density at radius 2 is 2.06 bits per heavy atom. The van der Waals surface area contributed by atoms with Gasteiger partial charge < -0.3 is 14.7 Å². The van der Waals surface area contributed by atoms with E-state index in [4.69, 9.17) is 4.74 Å². The van der Waals surface area contributed by atoms with Crippen molar-refractivity contribution in [1.82, 2.24) is 9.80 Å². The molecular formula is C13H24N2O3. The first-order valence-corrected chi connectivity index (χ1v) is 6.16. The Labute approximate surface area is 109 Å². The average molecular weight is 256 g/mol. The lowest BCUT2D eigenvalue weighted by Gasteiger charge is -2.27. The normalized spacial score (nSPS) is 26.6. The number of nitrogens with zero attached hydrogens (tertiary/aromatic N) is 2. The van der Waals surface area contributed by atoms with Gasteiger partial charge >= 0.3 is 6.09 Å². The van der Waals surface area contributed by atoms with Gasteiger partial charge in [-0.05, 0) is 33.3 Å². The summed E-state index contributed by atoms with van der Waals surface area (Å²) in [6, 6.07) is -0.258. The Morgan fingerprint density at radius 1 is 1.50 bits per heavy atom. The van der Waals surface area contributed by atoms with Crippen LogP contribution in [0.5, 0.6) is 0 Å². The van der Waals surface area contributed by atoms with E-state index in [1.165, 1.54) is 0 Å². The molecule has 0 saturated carbocycles. The van der Waals surface area contributed by atoms with Crippen molar-refractivity contribution >= 4 is 6.09 Å². The van der Waals surface area contributed by atoms with E-state index in [1.807, 2.05) is 52.9 Å². The van der Waals surface area contributed by atoms with Crippen LogP contribution in [-0.4, -0.2) is 59.4 Å². The van der Waals surface area contributed by atoms with Crippen molar-refractivity contribution in [2.75, 3.05) is 20.6 Å². The minimum absolute atomic E-state index is 0.258. The molecule has 1 aliphatic heterocycles. The average Bonchev–Trinajstić information content (AvgIpc) is 2.43. The summed E-state index contributed by atoms with van der Waals surface area (Å²) in [5.41, 5.74) is 0.314. The maximum atomic E-state index is 12.0. The van der Waals surface area contributed by atoms with Gasteiger partial charge in [0.2, 0.25) is 0 Å². The van der Waals surface area contributed by atoms with E-state index in [1.54, 1.807) is 4.90 Å². The monoisotopic (exact) mass is 256 g/mol. The molecule has 5 nitrogen and oxygen atoms in total. The number of carbonyl (C=O) groups excluding carboxylic acids is 1. The van der Waals surface area contributed by atoms with Crippen LogP contribution in [-0.2, 0) is 4.74 Å². The second-order valence-electron chi connectivity index (χ2n) is 5.96. The van der Waals surface area contributed by atoms with Crippen molar-refractivity contribution in [2.45, 2.75) is 45.4 Å². The van der Waals surface area contributed by atoms with Crippen LogP contribution in [0, 0.1) is 0 Å². The van der Waals surface area contributed by atoms with Gasteiger partial charge in [-0.25, -0.2) is 4.79 Å². The Hall–Kier alpha value is -1.23. The highest BCUT2D eigenvalue weighted by atomic mass is 16.6. The molecule has 0 bridgehead atoms. The fourth-order valence-corrected chi connectivity index (χ4v) is 1.91. The first-order valence-electron chi connectivity index (χ1n) is 6.16. The lowest BCUT2D eigenvalue weighted by Crippen LogP contribution is -2.40. The molecule has 2 atom stereocenters. The predicted octanol–water partition coefficient (Wildman–Crippen LogP) is 1.43. The second kappa shape index (κ2) is 5.18. The first kappa shape index (κ1) is 14.8. The molecule has 1 N–H and O–H groups in total. The Morgan fingerprint density at radius 3 is 2.50 bits per heavy atom. The topological polar surface area (TPSA) is 53.0 Å². The second-order valence-corrected chi connectivity index (χ2v) is 5.96. The largest absolute Gasteiger partial charge is 0.444 e. The highest BCUT2D eigenvalue weighted by Gasteiger charge is 2.38. The summed E-state index contributed by atoms with van der Waals surface area (Å²) in [6.45, 7) is 7.73. The molecule has 5 heteroatoms. The lowest BCUT2D eigenvalue weighted by atomic mass is 10.1. The fourth-order valence-electron chi connectivity index (χ4n) is 1.91. The van der Waals surface area contributed by atoms with Crippen LogP contribution in [0.1, 0.15) is 27.7 Å². The van der Waals surface area contributed by atoms with Gasteiger partial charge in [0.25, 0.3) is 0 Å². The molecule has 1 aliphatic rings. The fraction of sp³-hybridized carbons (Fsp3) is 0.769. The summed E-state index contributed by atoms with van der Waals surface area (Å²) in [5.74, 6) is 0. The third kappa shape index (κ3) is 3.63. The van der Waals surface area contributed by atoms with E-state index in [0.29, 0.717) is 6.54 Å². The maximum absolute atomic E-state index is 12.0. The minimum Gasteiger partial charge on any atom is -0.444 e. The summed E-state index contributed by atoms with van der Waals surface area (Å²) in [5, 5.41) is 10.1. The third-order valence-corrected chi connectivity index (χ3v) is 2.73. The van der Waals surface area contributed by atoms with Gasteiger partial charge in [-0.3, -0.25) is 4.90 Å². The summed E-state index contributed by atoms with van der Waals surface area (Å²) in [7, 11) is 3.78. The van der Waals surface area contributed by atoms with Crippen LogP contribution in [0.3, 0.4) is 0 Å². The molecule has 1 heterocycles. The predicted molar refractivity (Wildman–Crippen MR) is 70.2 cm³/mol. The molecule has 1 fully saturated rings. The molecule has 0 spiro atoms. The van der Waals surface area contributed by atoms with E-state index >= 15 is 0 Å². The molecule has 0 radical (unpaired) electrons. The van der Waals surface area contributed by atoms with Crippen LogP contribution < -0.4 is 0 Å². The van der Waals surface area contributed by atoms with Crippen LogP contribution in [0.2, 0.25) is 0 Å². The molecule has 18 heavy (non-hydrogen) atoms. The Kier molecular flexibility index (Phi) is 4.27. The molecule has 1 amide bonds. The standard InChI is InChI=1S/C13H24N2O3/c1-9-11(16)10(7-14(5)6)8-15(9)12(17)18-13(2,3)4/h7,9,11,16H,8H2,1-6H3/b10-7-. The van der Waals surface area contributed by atoms with E-state index < -0.39 is 11.7 Å². The van der Waals surface area contributed by atoms with Crippen molar-refractivity contribution in [3.8, 4) is 0 Å².